The number of nitrogens with zero attached hydrogens (tertiary/aromatic N) is 8. The highest BCUT2D eigenvalue weighted by Gasteiger charge is 2.52. The van der Waals surface area contributed by atoms with Crippen LogP contribution in [0.4, 0.5) is 0 Å². The molecule has 0 bridgehead atoms. The van der Waals surface area contributed by atoms with Crippen molar-refractivity contribution in [2.24, 2.45) is 0 Å². The Bertz CT molecular complexity index is 7660. The molecule has 10 heteroatoms. The average Bonchev–Trinajstić information content (AvgIpc) is 1.52. The van der Waals surface area contributed by atoms with Crippen LogP contribution in [0.2, 0.25) is 0 Å². The number of pyridine rings is 2. The zero-order valence-corrected chi connectivity index (χ0v) is 67.3. The minimum absolute atomic E-state index is 0.479. The van der Waals surface area contributed by atoms with Crippen LogP contribution in [0.1, 0.15) is 44.5 Å². The third kappa shape index (κ3) is 11.4. The lowest BCUT2D eigenvalue weighted by molar-refractivity contribution is 0.723. The summed E-state index contributed by atoms with van der Waals surface area (Å²) in [7, 11) is 0. The molecule has 17 aromatic carbocycles. The molecular weight excluding hydrogens is 1520 g/mol. The van der Waals surface area contributed by atoms with E-state index in [-0.39, 0.29) is 0 Å². The van der Waals surface area contributed by atoms with Crippen molar-refractivity contribution in [3.63, 3.8) is 0 Å². The van der Waals surface area contributed by atoms with Crippen molar-refractivity contribution in [3.8, 4) is 124 Å². The Morgan fingerprint density at radius 1 is 0.156 bits per heavy atom. The summed E-state index contributed by atoms with van der Waals surface area (Å²) >= 11 is 3.74. The average molecular weight is 1590 g/mol. The second kappa shape index (κ2) is 28.8. The maximum atomic E-state index is 5.54. The van der Waals surface area contributed by atoms with Crippen molar-refractivity contribution in [2.45, 2.75) is 30.4 Å². The van der Waals surface area contributed by atoms with Gasteiger partial charge in [0.2, 0.25) is 0 Å². The second-order valence-corrected chi connectivity index (χ2v) is 33.6. The fourth-order valence-electron chi connectivity index (χ4n) is 19.3. The van der Waals surface area contributed by atoms with Gasteiger partial charge in [-0.1, -0.05) is 375 Å². The summed E-state index contributed by atoms with van der Waals surface area (Å²) in [6.07, 6.45) is 0. The molecule has 8 nitrogen and oxygen atoms in total. The van der Waals surface area contributed by atoms with Crippen molar-refractivity contribution < 1.29 is 0 Å². The predicted molar refractivity (Wildman–Crippen MR) is 497 cm³/mol. The molecule has 2 aliphatic carbocycles. The molecule has 0 N–H and O–H groups in total. The van der Waals surface area contributed by atoms with E-state index in [1.54, 1.807) is 0 Å². The normalized spacial score (nSPS) is 13.1. The molecule has 0 atom stereocenters. The van der Waals surface area contributed by atoms with Crippen molar-refractivity contribution in [3.05, 3.63) is 457 Å². The van der Waals surface area contributed by atoms with Crippen LogP contribution in [0.3, 0.4) is 0 Å². The summed E-state index contributed by atoms with van der Waals surface area (Å²) in [6.45, 7) is 0. The molecule has 21 aromatic rings. The number of hydrogen-bond acceptors (Lipinski definition) is 10. The maximum Gasteiger partial charge on any atom is 0.164 e. The highest BCUT2D eigenvalue weighted by Crippen LogP contribution is 2.65. The van der Waals surface area contributed by atoms with Gasteiger partial charge in [0.05, 0.1) is 33.3 Å². The summed E-state index contributed by atoms with van der Waals surface area (Å²) in [5, 5.41) is 6.74. The Morgan fingerprint density at radius 2 is 0.410 bits per heavy atom. The molecule has 0 amide bonds. The topological polar surface area (TPSA) is 103 Å². The summed E-state index contributed by atoms with van der Waals surface area (Å²) in [6, 6.07) is 147. The van der Waals surface area contributed by atoms with E-state index in [2.05, 4.69) is 315 Å². The number of benzene rings is 17. The number of fused-ring (bicyclic) bond motifs is 24. The standard InChI is InChI=1S/C59H36N4S.C53H32N4S/c1-4-16-37(17-5-1)38-28-30-41(31-29-38)57-61-56(40-20-8-3-9-21-40)62-58(63-57)42-32-33-44-45-36-51-46(35-47(45)55(60-52(44)34-42)39-18-6-2-7-19-39)43-22-10-11-23-48(43)59(51)49-24-12-14-26-53(49)64-54-27-15-13-25-50(54)59;1-4-16-33(17-5-1)49-41-31-40-37-22-10-11-23-42(37)53(43-24-12-14-26-47(43)58-48-27-15-13-25-44(48)53)45(40)32-39(41)38-29-28-36(30-46(38)54-49)52-56-50(34-18-6-2-7-19-34)55-51(57-52)35-20-8-3-9-21-35/h1-36H;1-32H. The van der Waals surface area contributed by atoms with E-state index in [4.69, 9.17) is 39.9 Å². The first kappa shape index (κ1) is 71.0. The quantitative estimate of drug-likeness (QED) is 0.130. The molecule has 2 spiro atoms. The first-order valence-electron chi connectivity index (χ1n) is 41.2. The van der Waals surface area contributed by atoms with Crippen LogP contribution in [-0.2, 0) is 10.8 Å². The molecule has 568 valence electrons. The largest absolute Gasteiger partial charge is 0.247 e. The third-order valence-corrected chi connectivity index (χ3v) is 27.1. The van der Waals surface area contributed by atoms with Gasteiger partial charge in [-0.05, 0) is 149 Å². The molecule has 0 radical (unpaired) electrons. The predicted octanol–water partition coefficient (Wildman–Crippen LogP) is 27.8. The van der Waals surface area contributed by atoms with Crippen LogP contribution >= 0.6 is 23.5 Å². The van der Waals surface area contributed by atoms with E-state index in [1.165, 1.54) is 97.3 Å². The Balaban J connectivity index is 0.000000139. The molecule has 4 aromatic heterocycles. The Morgan fingerprint density at radius 3 is 0.754 bits per heavy atom. The lowest BCUT2D eigenvalue weighted by Crippen LogP contribution is -2.31. The number of rotatable bonds is 9. The van der Waals surface area contributed by atoms with Gasteiger partial charge in [-0.15, -0.1) is 0 Å². The van der Waals surface area contributed by atoms with Crippen molar-refractivity contribution in [1.82, 2.24) is 39.9 Å². The Kier molecular flexibility index (Phi) is 16.8. The van der Waals surface area contributed by atoms with E-state index >= 15 is 0 Å². The van der Waals surface area contributed by atoms with Crippen LogP contribution in [0, 0.1) is 0 Å². The van der Waals surface area contributed by atoms with Gasteiger partial charge in [0, 0.05) is 85.6 Å². The highest BCUT2D eigenvalue weighted by atomic mass is 32.2. The second-order valence-electron chi connectivity index (χ2n) is 31.4. The minimum Gasteiger partial charge on any atom is -0.247 e. The fraction of sp³-hybridized carbons (Fsp3) is 0.0179. The Hall–Kier alpha value is -15.2. The molecule has 4 aliphatic rings. The highest BCUT2D eigenvalue weighted by molar-refractivity contribution is 7.99. The third-order valence-electron chi connectivity index (χ3n) is 24.7. The van der Waals surface area contributed by atoms with E-state index in [1.807, 2.05) is 121 Å². The van der Waals surface area contributed by atoms with Gasteiger partial charge in [0.25, 0.3) is 0 Å². The van der Waals surface area contributed by atoms with Crippen molar-refractivity contribution >= 4 is 66.9 Å². The van der Waals surface area contributed by atoms with Crippen LogP contribution in [0.5, 0.6) is 0 Å². The SMILES string of the molecule is c1ccc(-c2ccc(-c3nc(-c4ccccc4)nc(-c4ccc5c(c4)nc(-c4ccccc4)c4cc6c(cc45)C4(c5ccccc5Sc5ccccc54)c4ccccc4-6)n3)cc2)cc1.c1ccc(-c2nc(-c3ccccc3)nc(-c3ccc4c(c3)nc(-c3ccccc3)c3cc5c(cc34)C3(c4ccccc4Sc4ccccc43)c3ccccc3-5)n2)cc1. The fourth-order valence-corrected chi connectivity index (χ4v) is 21.7. The first-order chi connectivity index (χ1) is 60.4. The van der Waals surface area contributed by atoms with Gasteiger partial charge >= 0.3 is 0 Å². The van der Waals surface area contributed by atoms with E-state index < -0.39 is 10.8 Å². The van der Waals surface area contributed by atoms with E-state index in [0.29, 0.717) is 34.9 Å². The van der Waals surface area contributed by atoms with Gasteiger partial charge in [0.1, 0.15) is 0 Å². The van der Waals surface area contributed by atoms with Crippen molar-refractivity contribution in [1.29, 1.82) is 0 Å². The van der Waals surface area contributed by atoms with Crippen LogP contribution in [0.15, 0.2) is 432 Å². The van der Waals surface area contributed by atoms with Gasteiger partial charge < -0.3 is 0 Å². The van der Waals surface area contributed by atoms with E-state index in [9.17, 15) is 0 Å². The molecule has 0 fully saturated rings. The molecule has 25 rings (SSSR count). The molecule has 0 saturated carbocycles. The molecule has 0 saturated heterocycles. The zero-order chi connectivity index (χ0) is 80.4. The van der Waals surface area contributed by atoms with Crippen molar-refractivity contribution in [2.75, 3.05) is 0 Å². The smallest absolute Gasteiger partial charge is 0.164 e. The molecule has 2 aliphatic heterocycles. The number of aromatic nitrogens is 8. The van der Waals surface area contributed by atoms with E-state index in [0.717, 1.165) is 99.4 Å². The minimum atomic E-state index is -0.491. The van der Waals surface area contributed by atoms with Crippen LogP contribution in [-0.4, -0.2) is 39.9 Å². The zero-order valence-electron chi connectivity index (χ0n) is 65.7. The lowest BCUT2D eigenvalue weighted by atomic mass is 9.67. The number of hydrogen-bond donors (Lipinski definition) is 0. The van der Waals surface area contributed by atoms with Gasteiger partial charge in [-0.3, -0.25) is 0 Å². The van der Waals surface area contributed by atoms with Crippen LogP contribution in [0.25, 0.3) is 168 Å². The van der Waals surface area contributed by atoms with Gasteiger partial charge in [-0.2, -0.15) is 0 Å². The summed E-state index contributed by atoms with van der Waals surface area (Å²) in [5.41, 5.74) is 28.2. The first-order valence-corrected chi connectivity index (χ1v) is 42.8. The molecule has 122 heavy (non-hydrogen) atoms. The molecular formula is C112H68N8S2. The molecule has 6 heterocycles. The van der Waals surface area contributed by atoms with Crippen LogP contribution < -0.4 is 0 Å². The van der Waals surface area contributed by atoms with Gasteiger partial charge in [-0.25, -0.2) is 39.9 Å². The van der Waals surface area contributed by atoms with Gasteiger partial charge in [0.15, 0.2) is 34.9 Å². The molecule has 0 unspecified atom stereocenters. The Labute approximate surface area is 713 Å². The lowest BCUT2D eigenvalue weighted by Gasteiger charge is -2.39. The maximum absolute atomic E-state index is 5.54. The summed E-state index contributed by atoms with van der Waals surface area (Å²) in [5.74, 6) is 3.70. The summed E-state index contributed by atoms with van der Waals surface area (Å²) in [4.78, 5) is 46.6. The summed E-state index contributed by atoms with van der Waals surface area (Å²) < 4.78 is 0. The monoisotopic (exact) mass is 1590 g/mol.